The Labute approximate surface area is 199 Å². The number of benzene rings is 1. The maximum atomic E-state index is 13.4. The topological polar surface area (TPSA) is 80.0 Å². The highest BCUT2D eigenvalue weighted by atomic mass is 16.5. The molecule has 1 aromatic carbocycles. The number of likely N-dealkylation sites (tertiary alicyclic amines) is 2. The Kier molecular flexibility index (Phi) is 6.74. The van der Waals surface area contributed by atoms with Crippen molar-refractivity contribution in [2.24, 2.45) is 5.92 Å². The molecule has 8 nitrogen and oxygen atoms in total. The van der Waals surface area contributed by atoms with Crippen molar-refractivity contribution in [1.29, 1.82) is 0 Å². The van der Waals surface area contributed by atoms with Gasteiger partial charge in [0.2, 0.25) is 5.91 Å². The first kappa shape index (κ1) is 22.4. The van der Waals surface area contributed by atoms with Gasteiger partial charge in [0.05, 0.1) is 24.0 Å². The van der Waals surface area contributed by atoms with Crippen LogP contribution in [0.1, 0.15) is 48.2 Å². The van der Waals surface area contributed by atoms with E-state index in [2.05, 4.69) is 16.2 Å². The molecule has 2 fully saturated rings. The molecule has 8 heteroatoms. The first-order valence-electron chi connectivity index (χ1n) is 12.2. The number of carbonyl (C=O) groups is 2. The van der Waals surface area contributed by atoms with Crippen LogP contribution in [0.3, 0.4) is 0 Å². The van der Waals surface area contributed by atoms with Gasteiger partial charge in [0.25, 0.3) is 5.91 Å². The van der Waals surface area contributed by atoms with Crippen LogP contribution in [0.25, 0.3) is 5.65 Å². The minimum Gasteiger partial charge on any atom is -0.491 e. The molecule has 0 aliphatic carbocycles. The van der Waals surface area contributed by atoms with Crippen LogP contribution in [0.5, 0.6) is 5.75 Å². The number of para-hydroxylation sites is 1. The van der Waals surface area contributed by atoms with Gasteiger partial charge in [-0.05, 0) is 50.2 Å². The second kappa shape index (κ2) is 10.2. The molecule has 34 heavy (non-hydrogen) atoms. The van der Waals surface area contributed by atoms with E-state index >= 15 is 0 Å². The molecule has 0 saturated carbocycles. The quantitative estimate of drug-likeness (QED) is 0.540. The summed E-state index contributed by atoms with van der Waals surface area (Å²) < 4.78 is 7.97. The SMILES string of the molecule is O=C1CCCN1CCOc1ccccc1C(=O)N1CCC[C@H](Cc2cn3ccnc3cn2)CC1. The smallest absolute Gasteiger partial charge is 0.257 e. The number of hydrogen-bond donors (Lipinski definition) is 0. The normalized spacial score (nSPS) is 18.9. The Balaban J connectivity index is 1.18. The number of hydrogen-bond acceptors (Lipinski definition) is 5. The monoisotopic (exact) mass is 461 g/mol. The average molecular weight is 462 g/mol. The van der Waals surface area contributed by atoms with Crippen LogP contribution in [-0.4, -0.2) is 68.8 Å². The van der Waals surface area contributed by atoms with E-state index in [0.29, 0.717) is 36.8 Å². The van der Waals surface area contributed by atoms with Crippen LogP contribution >= 0.6 is 0 Å². The highest BCUT2D eigenvalue weighted by Gasteiger charge is 2.25. The van der Waals surface area contributed by atoms with E-state index in [-0.39, 0.29) is 11.8 Å². The summed E-state index contributed by atoms with van der Waals surface area (Å²) in [5.41, 5.74) is 2.51. The van der Waals surface area contributed by atoms with E-state index in [9.17, 15) is 9.59 Å². The largest absolute Gasteiger partial charge is 0.491 e. The molecule has 2 aromatic heterocycles. The number of amides is 2. The predicted molar refractivity (Wildman–Crippen MR) is 128 cm³/mol. The summed E-state index contributed by atoms with van der Waals surface area (Å²) in [7, 11) is 0. The van der Waals surface area contributed by atoms with E-state index in [4.69, 9.17) is 4.74 Å². The summed E-state index contributed by atoms with van der Waals surface area (Å²) in [6.07, 6.45) is 13.1. The third kappa shape index (κ3) is 5.05. The third-order valence-electron chi connectivity index (χ3n) is 6.87. The van der Waals surface area contributed by atoms with Gasteiger partial charge in [0, 0.05) is 44.6 Å². The molecule has 5 rings (SSSR count). The van der Waals surface area contributed by atoms with Crippen molar-refractivity contribution in [3.05, 3.63) is 60.3 Å². The average Bonchev–Trinajstić information content (AvgIpc) is 3.42. The molecular formula is C26H31N5O3. The van der Waals surface area contributed by atoms with E-state index in [1.54, 1.807) is 6.20 Å². The first-order valence-corrected chi connectivity index (χ1v) is 12.2. The number of carbonyl (C=O) groups excluding carboxylic acids is 2. The molecule has 2 amide bonds. The van der Waals surface area contributed by atoms with Crippen molar-refractivity contribution >= 4 is 17.5 Å². The zero-order valence-electron chi connectivity index (χ0n) is 19.4. The Morgan fingerprint density at radius 2 is 2.00 bits per heavy atom. The van der Waals surface area contributed by atoms with Crippen LogP contribution in [0.2, 0.25) is 0 Å². The molecule has 3 aromatic rings. The van der Waals surface area contributed by atoms with Crippen LogP contribution in [0, 0.1) is 5.92 Å². The first-order chi connectivity index (χ1) is 16.7. The fourth-order valence-electron chi connectivity index (χ4n) is 4.99. The van der Waals surface area contributed by atoms with Crippen molar-refractivity contribution in [3.8, 4) is 5.75 Å². The molecule has 2 aliphatic heterocycles. The number of ether oxygens (including phenoxy) is 1. The molecule has 2 saturated heterocycles. The molecule has 0 bridgehead atoms. The van der Waals surface area contributed by atoms with Crippen molar-refractivity contribution in [1.82, 2.24) is 24.2 Å². The minimum absolute atomic E-state index is 0.0199. The van der Waals surface area contributed by atoms with Gasteiger partial charge in [0.15, 0.2) is 5.65 Å². The summed E-state index contributed by atoms with van der Waals surface area (Å²) in [4.78, 5) is 37.8. The summed E-state index contributed by atoms with van der Waals surface area (Å²) >= 11 is 0. The molecular weight excluding hydrogens is 430 g/mol. The summed E-state index contributed by atoms with van der Waals surface area (Å²) in [5.74, 6) is 1.30. The predicted octanol–water partition coefficient (Wildman–Crippen LogP) is 3.22. The van der Waals surface area contributed by atoms with Gasteiger partial charge < -0.3 is 18.9 Å². The number of aromatic nitrogens is 3. The van der Waals surface area contributed by atoms with Gasteiger partial charge in [-0.15, -0.1) is 0 Å². The Hall–Kier alpha value is -3.42. The number of imidazole rings is 1. The lowest BCUT2D eigenvalue weighted by Crippen LogP contribution is -2.33. The molecule has 0 spiro atoms. The molecule has 178 valence electrons. The van der Waals surface area contributed by atoms with E-state index < -0.39 is 0 Å². The Morgan fingerprint density at radius 1 is 1.09 bits per heavy atom. The van der Waals surface area contributed by atoms with Crippen LogP contribution in [-0.2, 0) is 11.2 Å². The van der Waals surface area contributed by atoms with Gasteiger partial charge in [-0.1, -0.05) is 12.1 Å². The zero-order chi connectivity index (χ0) is 23.3. The maximum absolute atomic E-state index is 13.4. The van der Waals surface area contributed by atoms with E-state index in [1.165, 1.54) is 0 Å². The standard InChI is InChI=1S/C26H31N5O3/c32-25-8-4-11-29(25)15-16-34-23-7-2-1-6-22(23)26(33)30-12-3-5-20(9-13-30)17-21-19-31-14-10-27-24(31)18-28-21/h1-2,6-7,10,14,18-20H,3-5,8-9,11-13,15-17H2/t20-/m0/s1. The number of nitrogens with zero attached hydrogens (tertiary/aromatic N) is 5. The highest BCUT2D eigenvalue weighted by Crippen LogP contribution is 2.25. The molecule has 0 unspecified atom stereocenters. The maximum Gasteiger partial charge on any atom is 0.257 e. The lowest BCUT2D eigenvalue weighted by molar-refractivity contribution is -0.128. The molecule has 0 radical (unpaired) electrons. The fraction of sp³-hybridized carbons (Fsp3) is 0.462. The number of fused-ring (bicyclic) bond motifs is 1. The van der Waals surface area contributed by atoms with Gasteiger partial charge in [-0.3, -0.25) is 14.6 Å². The fourth-order valence-corrected chi connectivity index (χ4v) is 4.99. The highest BCUT2D eigenvalue weighted by molar-refractivity contribution is 5.97. The van der Waals surface area contributed by atoms with Crippen molar-refractivity contribution < 1.29 is 14.3 Å². The molecule has 2 aliphatic rings. The lowest BCUT2D eigenvalue weighted by atomic mass is 9.95. The summed E-state index contributed by atoms with van der Waals surface area (Å²) in [6.45, 7) is 3.23. The van der Waals surface area contributed by atoms with Gasteiger partial charge in [0.1, 0.15) is 12.4 Å². The van der Waals surface area contributed by atoms with Crippen LogP contribution in [0.4, 0.5) is 0 Å². The van der Waals surface area contributed by atoms with Crippen LogP contribution in [0.15, 0.2) is 49.1 Å². The molecule has 1 atom stereocenters. The van der Waals surface area contributed by atoms with Crippen molar-refractivity contribution in [2.75, 3.05) is 32.8 Å². The summed E-state index contributed by atoms with van der Waals surface area (Å²) in [5, 5.41) is 0. The van der Waals surface area contributed by atoms with E-state index in [0.717, 1.165) is 63.1 Å². The molecule has 4 heterocycles. The number of rotatable bonds is 7. The van der Waals surface area contributed by atoms with Crippen molar-refractivity contribution in [3.63, 3.8) is 0 Å². The van der Waals surface area contributed by atoms with Gasteiger partial charge in [-0.25, -0.2) is 4.98 Å². The Morgan fingerprint density at radius 3 is 2.88 bits per heavy atom. The zero-order valence-corrected chi connectivity index (χ0v) is 19.4. The second-order valence-corrected chi connectivity index (χ2v) is 9.19. The summed E-state index contributed by atoms with van der Waals surface area (Å²) in [6, 6.07) is 7.45. The third-order valence-corrected chi connectivity index (χ3v) is 6.87. The van der Waals surface area contributed by atoms with Gasteiger partial charge in [-0.2, -0.15) is 0 Å². The van der Waals surface area contributed by atoms with Crippen LogP contribution < -0.4 is 4.74 Å². The Bertz CT molecular complexity index is 1160. The second-order valence-electron chi connectivity index (χ2n) is 9.19. The minimum atomic E-state index is 0.0199. The molecule has 0 N–H and O–H groups in total. The lowest BCUT2D eigenvalue weighted by Gasteiger charge is -2.22. The van der Waals surface area contributed by atoms with E-state index in [1.807, 2.05) is 50.9 Å². The van der Waals surface area contributed by atoms with Gasteiger partial charge >= 0.3 is 0 Å². The van der Waals surface area contributed by atoms with Crippen molar-refractivity contribution in [2.45, 2.75) is 38.5 Å².